The van der Waals surface area contributed by atoms with Gasteiger partial charge in [0, 0.05) is 35.7 Å². The Kier molecular flexibility index (Phi) is 3.97. The Morgan fingerprint density at radius 2 is 1.85 bits per heavy atom. The molecule has 3 heterocycles. The first-order valence-corrected chi connectivity index (χ1v) is 8.89. The van der Waals surface area contributed by atoms with Crippen LogP contribution in [0.2, 0.25) is 0 Å². The number of nitrogens with zero attached hydrogens (tertiary/aromatic N) is 3. The van der Waals surface area contributed by atoms with Crippen LogP contribution in [-0.2, 0) is 14.1 Å². The van der Waals surface area contributed by atoms with Gasteiger partial charge in [-0.3, -0.25) is 15.0 Å². The first-order chi connectivity index (χ1) is 12.7. The molecule has 1 N–H and O–H groups in total. The van der Waals surface area contributed by atoms with Crippen LogP contribution in [0.25, 0.3) is 10.9 Å². The number of hydrogen-bond acceptors (Lipinski definition) is 6. The summed E-state index contributed by atoms with van der Waals surface area (Å²) in [4.78, 5) is 33.8. The van der Waals surface area contributed by atoms with Crippen LogP contribution in [0, 0.1) is 0 Å². The van der Waals surface area contributed by atoms with Gasteiger partial charge in [-0.05, 0) is 39.8 Å². The molecule has 8 nitrogen and oxygen atoms in total. The van der Waals surface area contributed by atoms with E-state index in [0.717, 1.165) is 10.8 Å². The first-order valence-electron chi connectivity index (χ1n) is 8.89. The Labute approximate surface area is 157 Å². The minimum absolute atomic E-state index is 0.251. The second-order valence-electron chi connectivity index (χ2n) is 7.84. The number of fused-ring (bicyclic) bond motifs is 1. The molecule has 140 valence electrons. The lowest BCUT2D eigenvalue weighted by atomic mass is 9.77. The van der Waals surface area contributed by atoms with Crippen molar-refractivity contribution in [3.8, 4) is 0 Å². The summed E-state index contributed by atoms with van der Waals surface area (Å²) >= 11 is 0. The predicted octanol–water partition coefficient (Wildman–Crippen LogP) is 1.38. The van der Waals surface area contributed by atoms with Crippen molar-refractivity contribution in [1.29, 1.82) is 0 Å². The third-order valence-electron chi connectivity index (χ3n) is 5.49. The molecule has 27 heavy (non-hydrogen) atoms. The predicted molar refractivity (Wildman–Crippen MR) is 101 cm³/mol. The fraction of sp³-hybridized carbons (Fsp3) is 0.444. The molecule has 0 spiro atoms. The van der Waals surface area contributed by atoms with Crippen LogP contribution in [0.5, 0.6) is 0 Å². The quantitative estimate of drug-likeness (QED) is 0.805. The molecule has 0 saturated carbocycles. The fourth-order valence-corrected chi connectivity index (χ4v) is 3.23. The molecule has 9 heteroatoms. The van der Waals surface area contributed by atoms with Gasteiger partial charge in [-0.25, -0.2) is 14.8 Å². The van der Waals surface area contributed by atoms with E-state index in [2.05, 4.69) is 15.3 Å². The molecule has 0 unspecified atom stereocenters. The molecule has 2 aromatic rings. The molecule has 0 radical (unpaired) electrons. The standard InChI is InChI=1S/C18H21BN4O4/c1-17(2)18(3,4)27-19(26-17)13-8-12(7-11-9-20-10-21-15(11)13)23-6-5-14(24)22-16(23)25/h7-10H,5-6H2,1-4H3,(H,22,24,25). The third kappa shape index (κ3) is 2.96. The van der Waals surface area contributed by atoms with Gasteiger partial charge in [0.25, 0.3) is 0 Å². The highest BCUT2D eigenvalue weighted by molar-refractivity contribution is 6.65. The van der Waals surface area contributed by atoms with Crippen molar-refractivity contribution >= 4 is 41.1 Å². The number of hydrogen-bond donors (Lipinski definition) is 1. The average Bonchev–Trinajstić information content (AvgIpc) is 2.81. The van der Waals surface area contributed by atoms with Gasteiger partial charge in [0.2, 0.25) is 5.91 Å². The molecule has 2 aliphatic heterocycles. The Morgan fingerprint density at radius 1 is 1.15 bits per heavy atom. The molecule has 0 bridgehead atoms. The highest BCUT2D eigenvalue weighted by Gasteiger charge is 2.52. The van der Waals surface area contributed by atoms with Crippen LogP contribution in [-0.4, -0.2) is 46.8 Å². The van der Waals surface area contributed by atoms with Crippen LogP contribution >= 0.6 is 0 Å². The van der Waals surface area contributed by atoms with Gasteiger partial charge < -0.3 is 9.31 Å². The zero-order valence-corrected chi connectivity index (χ0v) is 15.8. The molecule has 4 rings (SSSR count). The molecule has 0 atom stereocenters. The lowest BCUT2D eigenvalue weighted by Crippen LogP contribution is -2.50. The van der Waals surface area contributed by atoms with Gasteiger partial charge in [-0.2, -0.15) is 0 Å². The SMILES string of the molecule is CC1(C)OB(c2cc(N3CCC(=O)NC3=O)cc3cncnc23)OC1(C)C. The van der Waals surface area contributed by atoms with Gasteiger partial charge in [0.15, 0.2) is 0 Å². The summed E-state index contributed by atoms with van der Waals surface area (Å²) in [5, 5.41) is 3.11. The maximum Gasteiger partial charge on any atom is 0.497 e. The molecule has 2 saturated heterocycles. The van der Waals surface area contributed by atoms with E-state index in [4.69, 9.17) is 9.31 Å². The van der Waals surface area contributed by atoms with E-state index >= 15 is 0 Å². The number of rotatable bonds is 2. The Balaban J connectivity index is 1.81. The number of carbonyl (C=O) groups is 2. The topological polar surface area (TPSA) is 93.7 Å². The van der Waals surface area contributed by atoms with Gasteiger partial charge in [-0.1, -0.05) is 0 Å². The second-order valence-corrected chi connectivity index (χ2v) is 7.84. The molecular weight excluding hydrogens is 347 g/mol. The fourth-order valence-electron chi connectivity index (χ4n) is 3.23. The van der Waals surface area contributed by atoms with E-state index in [9.17, 15) is 9.59 Å². The van der Waals surface area contributed by atoms with E-state index in [1.807, 2.05) is 39.8 Å². The summed E-state index contributed by atoms with van der Waals surface area (Å²) in [5.41, 5.74) is 1.09. The molecule has 1 aromatic carbocycles. The summed E-state index contributed by atoms with van der Waals surface area (Å²) in [5.74, 6) is -0.272. The van der Waals surface area contributed by atoms with Crippen LogP contribution < -0.4 is 15.7 Å². The minimum Gasteiger partial charge on any atom is -0.399 e. The number of imide groups is 1. The minimum atomic E-state index is -0.623. The largest absolute Gasteiger partial charge is 0.497 e. The first kappa shape index (κ1) is 17.9. The summed E-state index contributed by atoms with van der Waals surface area (Å²) in [6.45, 7) is 8.25. The molecule has 0 aliphatic carbocycles. The Hall–Kier alpha value is -2.52. The smallest absolute Gasteiger partial charge is 0.399 e. The maximum atomic E-state index is 12.3. The number of benzene rings is 1. The van der Waals surface area contributed by atoms with Crippen molar-refractivity contribution in [3.63, 3.8) is 0 Å². The van der Waals surface area contributed by atoms with Crippen LogP contribution in [0.15, 0.2) is 24.7 Å². The number of amides is 3. The zero-order chi connectivity index (χ0) is 19.4. The van der Waals surface area contributed by atoms with Crippen molar-refractivity contribution in [2.45, 2.75) is 45.3 Å². The molecule has 2 aliphatic rings. The summed E-state index contributed by atoms with van der Waals surface area (Å²) < 4.78 is 12.4. The van der Waals surface area contributed by atoms with Gasteiger partial charge in [-0.15, -0.1) is 0 Å². The number of urea groups is 1. The Bertz CT molecular complexity index is 930. The molecule has 1 aromatic heterocycles. The van der Waals surface area contributed by atoms with E-state index in [1.54, 1.807) is 6.20 Å². The third-order valence-corrected chi connectivity index (χ3v) is 5.49. The summed E-state index contributed by atoms with van der Waals surface area (Å²) in [6.07, 6.45) is 3.41. The highest BCUT2D eigenvalue weighted by Crippen LogP contribution is 2.37. The summed E-state index contributed by atoms with van der Waals surface area (Å²) in [6, 6.07) is 3.23. The van der Waals surface area contributed by atoms with E-state index in [1.165, 1.54) is 11.2 Å². The Morgan fingerprint density at radius 3 is 2.52 bits per heavy atom. The number of aromatic nitrogens is 2. The monoisotopic (exact) mass is 368 g/mol. The van der Waals surface area contributed by atoms with Gasteiger partial charge in [0.05, 0.1) is 16.7 Å². The van der Waals surface area contributed by atoms with Crippen LogP contribution in [0.3, 0.4) is 0 Å². The van der Waals surface area contributed by atoms with Crippen LogP contribution in [0.1, 0.15) is 34.1 Å². The molecular formula is C18H21BN4O4. The lowest BCUT2D eigenvalue weighted by Gasteiger charge is -2.32. The van der Waals surface area contributed by atoms with Crippen molar-refractivity contribution in [1.82, 2.24) is 15.3 Å². The average molecular weight is 368 g/mol. The number of nitrogens with one attached hydrogen (secondary N) is 1. The van der Waals surface area contributed by atoms with E-state index in [-0.39, 0.29) is 12.3 Å². The second kappa shape index (κ2) is 6.00. The van der Waals surface area contributed by atoms with Crippen molar-refractivity contribution in [2.24, 2.45) is 0 Å². The van der Waals surface area contributed by atoms with Crippen molar-refractivity contribution < 1.29 is 18.9 Å². The van der Waals surface area contributed by atoms with Gasteiger partial charge in [0.1, 0.15) is 6.33 Å². The molecule has 3 amide bonds. The van der Waals surface area contributed by atoms with E-state index in [0.29, 0.717) is 17.7 Å². The maximum absolute atomic E-state index is 12.3. The summed E-state index contributed by atoms with van der Waals surface area (Å²) in [7, 11) is -0.623. The zero-order valence-electron chi connectivity index (χ0n) is 15.8. The lowest BCUT2D eigenvalue weighted by molar-refractivity contribution is -0.120. The normalized spacial score (nSPS) is 21.6. The van der Waals surface area contributed by atoms with Crippen LogP contribution in [0.4, 0.5) is 10.5 Å². The van der Waals surface area contributed by atoms with Crippen molar-refractivity contribution in [2.75, 3.05) is 11.4 Å². The number of carbonyl (C=O) groups excluding carboxylic acids is 2. The molecule has 2 fully saturated rings. The number of anilines is 1. The van der Waals surface area contributed by atoms with Gasteiger partial charge >= 0.3 is 13.1 Å². The van der Waals surface area contributed by atoms with Crippen molar-refractivity contribution in [3.05, 3.63) is 24.7 Å². The highest BCUT2D eigenvalue weighted by atomic mass is 16.7. The van der Waals surface area contributed by atoms with E-state index < -0.39 is 24.4 Å².